The molecule has 6 heteroatoms. The molecule has 2 aromatic rings. The Labute approximate surface area is 134 Å². The largest absolute Gasteiger partial charge is 0.497 e. The van der Waals surface area contributed by atoms with Gasteiger partial charge in [0.25, 0.3) is 5.91 Å². The number of aliphatic hydroxyl groups excluding tert-OH is 1. The summed E-state index contributed by atoms with van der Waals surface area (Å²) in [6.07, 6.45) is 0.150. The van der Waals surface area contributed by atoms with E-state index in [0.29, 0.717) is 22.6 Å². The summed E-state index contributed by atoms with van der Waals surface area (Å²) < 4.78 is 10.3. The number of benzene rings is 2. The van der Waals surface area contributed by atoms with Crippen LogP contribution in [0.3, 0.4) is 0 Å². The molecule has 0 aromatic heterocycles. The highest BCUT2D eigenvalue weighted by Gasteiger charge is 2.16. The highest BCUT2D eigenvalue weighted by Crippen LogP contribution is 2.22. The lowest BCUT2D eigenvalue weighted by Gasteiger charge is -2.09. The van der Waals surface area contributed by atoms with Crippen LogP contribution in [0.25, 0.3) is 0 Å². The number of ether oxygens (including phenoxy) is 2. The van der Waals surface area contributed by atoms with Crippen LogP contribution in [0.15, 0.2) is 53.6 Å². The lowest BCUT2D eigenvalue weighted by Crippen LogP contribution is -2.25. The molecule has 0 radical (unpaired) electrons. The van der Waals surface area contributed by atoms with Crippen molar-refractivity contribution < 1.29 is 19.4 Å². The van der Waals surface area contributed by atoms with Gasteiger partial charge in [-0.25, -0.2) is 5.43 Å². The summed E-state index contributed by atoms with van der Waals surface area (Å²) >= 11 is 0. The number of carbonyl (C=O) groups excluding carboxylic acids is 1. The second-order valence-electron chi connectivity index (χ2n) is 4.66. The molecule has 0 saturated carbocycles. The molecule has 0 unspecified atom stereocenters. The van der Waals surface area contributed by atoms with E-state index in [2.05, 4.69) is 10.5 Å². The maximum absolute atomic E-state index is 11.9. The third kappa shape index (κ3) is 4.31. The average molecular weight is 314 g/mol. The fourth-order valence-electron chi connectivity index (χ4n) is 1.95. The normalized spacial score (nSPS) is 12.0. The number of hydrazone groups is 1. The van der Waals surface area contributed by atoms with E-state index in [9.17, 15) is 9.90 Å². The van der Waals surface area contributed by atoms with Crippen LogP contribution in [0.1, 0.15) is 17.2 Å². The topological polar surface area (TPSA) is 80.2 Å². The number of aliphatic hydroxyl groups is 1. The molecule has 0 heterocycles. The van der Waals surface area contributed by atoms with E-state index in [1.54, 1.807) is 55.6 Å². The quantitative estimate of drug-likeness (QED) is 0.630. The van der Waals surface area contributed by atoms with E-state index in [1.807, 2.05) is 0 Å². The van der Waals surface area contributed by atoms with Crippen molar-refractivity contribution in [3.63, 3.8) is 0 Å². The summed E-state index contributed by atoms with van der Waals surface area (Å²) in [5, 5.41) is 13.8. The Morgan fingerprint density at radius 2 is 1.91 bits per heavy atom. The van der Waals surface area contributed by atoms with Gasteiger partial charge in [-0.2, -0.15) is 5.10 Å². The molecule has 0 aliphatic carbocycles. The number of nitrogens with zero attached hydrogens (tertiary/aromatic N) is 1. The van der Waals surface area contributed by atoms with Crippen molar-refractivity contribution >= 4 is 12.1 Å². The van der Waals surface area contributed by atoms with Gasteiger partial charge < -0.3 is 14.6 Å². The van der Waals surface area contributed by atoms with Crippen LogP contribution < -0.4 is 14.9 Å². The maximum Gasteiger partial charge on any atom is 0.273 e. The Morgan fingerprint density at radius 1 is 1.17 bits per heavy atom. The molecular weight excluding hydrogens is 296 g/mol. The Kier molecular flexibility index (Phi) is 5.71. The van der Waals surface area contributed by atoms with Gasteiger partial charge >= 0.3 is 0 Å². The second-order valence-corrected chi connectivity index (χ2v) is 4.66. The molecule has 0 aliphatic heterocycles. The predicted molar refractivity (Wildman–Crippen MR) is 86.7 cm³/mol. The molecule has 23 heavy (non-hydrogen) atoms. The van der Waals surface area contributed by atoms with Gasteiger partial charge in [-0.05, 0) is 23.8 Å². The Balaban J connectivity index is 2.05. The lowest BCUT2D eigenvalue weighted by molar-refractivity contribution is -0.129. The summed E-state index contributed by atoms with van der Waals surface area (Å²) in [7, 11) is 3.09. The van der Waals surface area contributed by atoms with Crippen molar-refractivity contribution in [1.82, 2.24) is 5.43 Å². The minimum absolute atomic E-state index is 0.499. The molecule has 1 atom stereocenters. The first kappa shape index (κ1) is 16.5. The Hall–Kier alpha value is -2.86. The van der Waals surface area contributed by atoms with Crippen LogP contribution in [-0.2, 0) is 4.79 Å². The van der Waals surface area contributed by atoms with Crippen molar-refractivity contribution in [1.29, 1.82) is 0 Å². The zero-order chi connectivity index (χ0) is 16.7. The third-order valence-electron chi connectivity index (χ3n) is 3.18. The molecule has 0 saturated heterocycles. The third-order valence-corrected chi connectivity index (χ3v) is 3.18. The number of hydrogen-bond donors (Lipinski definition) is 2. The van der Waals surface area contributed by atoms with E-state index in [4.69, 9.17) is 9.47 Å². The number of hydrogen-bond acceptors (Lipinski definition) is 5. The summed E-state index contributed by atoms with van der Waals surface area (Å²) in [5.74, 6) is 0.615. The van der Waals surface area contributed by atoms with E-state index >= 15 is 0 Å². The minimum atomic E-state index is -1.28. The van der Waals surface area contributed by atoms with Crippen LogP contribution in [0.2, 0.25) is 0 Å². The van der Waals surface area contributed by atoms with Crippen LogP contribution >= 0.6 is 0 Å². The molecule has 0 bridgehead atoms. The van der Waals surface area contributed by atoms with Gasteiger partial charge in [0.2, 0.25) is 0 Å². The second kappa shape index (κ2) is 7.95. The van der Waals surface area contributed by atoms with Crippen LogP contribution in [0.5, 0.6) is 11.5 Å². The van der Waals surface area contributed by atoms with Gasteiger partial charge in [-0.3, -0.25) is 4.79 Å². The summed E-state index contributed by atoms with van der Waals surface area (Å²) in [6.45, 7) is 0. The number of carbonyl (C=O) groups is 1. The molecule has 0 fully saturated rings. The molecule has 1 amide bonds. The first-order valence-corrected chi connectivity index (χ1v) is 6.93. The van der Waals surface area contributed by atoms with Crippen molar-refractivity contribution in [2.24, 2.45) is 5.10 Å². The molecule has 120 valence electrons. The van der Waals surface area contributed by atoms with Gasteiger partial charge in [-0.1, -0.05) is 30.3 Å². The summed E-state index contributed by atoms with van der Waals surface area (Å²) in [5.41, 5.74) is 3.44. The molecule has 6 nitrogen and oxygen atoms in total. The number of rotatable bonds is 6. The van der Waals surface area contributed by atoms with Crippen LogP contribution in [0.4, 0.5) is 0 Å². The summed E-state index contributed by atoms with van der Waals surface area (Å²) in [6, 6.07) is 13.8. The fourth-order valence-corrected chi connectivity index (χ4v) is 1.95. The molecule has 2 aromatic carbocycles. The summed E-state index contributed by atoms with van der Waals surface area (Å²) in [4.78, 5) is 11.9. The van der Waals surface area contributed by atoms with Crippen molar-refractivity contribution in [3.8, 4) is 11.5 Å². The van der Waals surface area contributed by atoms with Gasteiger partial charge in [0.1, 0.15) is 11.5 Å². The van der Waals surface area contributed by atoms with Gasteiger partial charge in [0.05, 0.1) is 20.4 Å². The van der Waals surface area contributed by atoms with Crippen molar-refractivity contribution in [3.05, 3.63) is 59.7 Å². The van der Waals surface area contributed by atoms with E-state index in [1.165, 1.54) is 13.3 Å². The first-order chi connectivity index (χ1) is 11.2. The SMILES string of the molecule is COc1ccc(OC)c(/C=N\NC(=O)[C@@H](O)c2ccccc2)c1. The van der Waals surface area contributed by atoms with Gasteiger partial charge in [-0.15, -0.1) is 0 Å². The first-order valence-electron chi connectivity index (χ1n) is 6.93. The molecular formula is C17H18N2O4. The smallest absolute Gasteiger partial charge is 0.273 e. The average Bonchev–Trinajstić information content (AvgIpc) is 2.61. The highest BCUT2D eigenvalue weighted by atomic mass is 16.5. The predicted octanol–water partition coefficient (Wildman–Crippen LogP) is 1.89. The van der Waals surface area contributed by atoms with E-state index < -0.39 is 12.0 Å². The highest BCUT2D eigenvalue weighted by molar-refractivity contribution is 5.87. The zero-order valence-electron chi connectivity index (χ0n) is 12.9. The van der Waals surface area contributed by atoms with Crippen LogP contribution in [0, 0.1) is 0 Å². The molecule has 2 rings (SSSR count). The fraction of sp³-hybridized carbons (Fsp3) is 0.176. The molecule has 0 spiro atoms. The molecule has 2 N–H and O–H groups in total. The standard InChI is InChI=1S/C17H18N2O4/c1-22-14-8-9-15(23-2)13(10-14)11-18-19-17(21)16(20)12-6-4-3-5-7-12/h3-11,16,20H,1-2H3,(H,19,21)/b18-11-/t16-/m0/s1. The number of nitrogens with one attached hydrogen (secondary N) is 1. The van der Waals surface area contributed by atoms with Crippen molar-refractivity contribution in [2.45, 2.75) is 6.10 Å². The molecule has 0 aliphatic rings. The Morgan fingerprint density at radius 3 is 2.57 bits per heavy atom. The maximum atomic E-state index is 11.9. The number of amides is 1. The van der Waals surface area contributed by atoms with Gasteiger partial charge in [0.15, 0.2) is 6.10 Å². The Bertz CT molecular complexity index is 686. The number of methoxy groups -OCH3 is 2. The minimum Gasteiger partial charge on any atom is -0.497 e. The van der Waals surface area contributed by atoms with E-state index in [-0.39, 0.29) is 0 Å². The lowest BCUT2D eigenvalue weighted by atomic mass is 10.1. The van der Waals surface area contributed by atoms with Gasteiger partial charge in [0, 0.05) is 5.56 Å². The monoisotopic (exact) mass is 314 g/mol. The zero-order valence-corrected chi connectivity index (χ0v) is 12.9. The van der Waals surface area contributed by atoms with Crippen LogP contribution in [-0.4, -0.2) is 31.4 Å². The van der Waals surface area contributed by atoms with E-state index in [0.717, 1.165) is 0 Å². The van der Waals surface area contributed by atoms with Crippen molar-refractivity contribution in [2.75, 3.05) is 14.2 Å².